The van der Waals surface area contributed by atoms with Crippen LogP contribution >= 0.6 is 32.9 Å². The van der Waals surface area contributed by atoms with Crippen molar-refractivity contribution in [2.24, 2.45) is 0 Å². The van der Waals surface area contributed by atoms with E-state index in [4.69, 9.17) is 0 Å². The molecular formula is C13H19N3OS3. The van der Waals surface area contributed by atoms with Crippen molar-refractivity contribution in [2.75, 3.05) is 11.1 Å². The van der Waals surface area contributed by atoms with Crippen LogP contribution in [0.5, 0.6) is 0 Å². The second kappa shape index (κ2) is 7.13. The Hall–Kier alpha value is -0.270. The van der Waals surface area contributed by atoms with Crippen LogP contribution < -0.4 is 5.32 Å². The zero-order valence-corrected chi connectivity index (χ0v) is 13.8. The summed E-state index contributed by atoms with van der Waals surface area (Å²) in [6.45, 7) is 0. The van der Waals surface area contributed by atoms with Gasteiger partial charge in [0.05, 0.1) is 0 Å². The maximum absolute atomic E-state index is 11.8. The molecule has 2 fully saturated rings. The van der Waals surface area contributed by atoms with E-state index in [0.717, 1.165) is 23.1 Å². The average molecular weight is 330 g/mol. The minimum Gasteiger partial charge on any atom is -0.301 e. The molecule has 1 atom stereocenters. The number of hydrogen-bond donors (Lipinski definition) is 1. The molecule has 3 rings (SSSR count). The number of hydrogen-bond acceptors (Lipinski definition) is 6. The molecule has 1 aliphatic heterocycles. The molecule has 1 aromatic rings. The van der Waals surface area contributed by atoms with E-state index in [1.54, 1.807) is 0 Å². The average Bonchev–Trinajstić information content (AvgIpc) is 2.97. The van der Waals surface area contributed by atoms with Crippen LogP contribution in [0, 0.1) is 0 Å². The molecule has 1 unspecified atom stereocenters. The smallest absolute Gasteiger partial charge is 0.226 e. The molecule has 20 heavy (non-hydrogen) atoms. The highest BCUT2D eigenvalue weighted by atomic mass is 33.1. The molecule has 1 aliphatic carbocycles. The largest absolute Gasteiger partial charge is 0.301 e. The number of rotatable bonds is 7. The van der Waals surface area contributed by atoms with E-state index in [1.165, 1.54) is 42.8 Å². The van der Waals surface area contributed by atoms with Crippen molar-refractivity contribution in [3.8, 4) is 0 Å². The second-order valence-corrected chi connectivity index (χ2v) is 9.14. The lowest BCUT2D eigenvalue weighted by Crippen LogP contribution is -2.11. The van der Waals surface area contributed by atoms with Gasteiger partial charge in [-0.1, -0.05) is 39.3 Å². The van der Waals surface area contributed by atoms with Crippen molar-refractivity contribution in [1.82, 2.24) is 10.2 Å². The van der Waals surface area contributed by atoms with E-state index in [-0.39, 0.29) is 5.91 Å². The minimum atomic E-state index is 0.0805. The summed E-state index contributed by atoms with van der Waals surface area (Å²) in [5.41, 5.74) is 0. The molecule has 0 aromatic carbocycles. The Morgan fingerprint density at radius 3 is 2.90 bits per heavy atom. The van der Waals surface area contributed by atoms with Crippen LogP contribution in [0.2, 0.25) is 0 Å². The fraction of sp³-hybridized carbons (Fsp3) is 0.769. The molecule has 1 aromatic heterocycles. The highest BCUT2D eigenvalue weighted by molar-refractivity contribution is 8.77. The van der Waals surface area contributed by atoms with Crippen LogP contribution in [0.3, 0.4) is 0 Å². The van der Waals surface area contributed by atoms with E-state index in [2.05, 4.69) is 15.5 Å². The van der Waals surface area contributed by atoms with Gasteiger partial charge in [-0.3, -0.25) is 4.79 Å². The van der Waals surface area contributed by atoms with Gasteiger partial charge in [0, 0.05) is 23.3 Å². The number of anilines is 1. The Morgan fingerprint density at radius 1 is 1.25 bits per heavy atom. The lowest BCUT2D eigenvalue weighted by atomic mass is 10.1. The van der Waals surface area contributed by atoms with Crippen molar-refractivity contribution >= 4 is 44.0 Å². The highest BCUT2D eigenvalue weighted by Gasteiger charge is 2.27. The van der Waals surface area contributed by atoms with Gasteiger partial charge in [0.1, 0.15) is 5.01 Å². The standard InChI is InChI=1S/C13H19N3OS3/c17-11(4-2-1-3-10-7-8-18-20-10)14-13-16-15-12(19-13)9-5-6-9/h9-10H,1-8H2,(H,14,16,17). The van der Waals surface area contributed by atoms with Crippen LogP contribution in [-0.4, -0.2) is 27.1 Å². The Kier molecular flexibility index (Phi) is 5.23. The third-order valence-electron chi connectivity index (χ3n) is 3.52. The SMILES string of the molecule is O=C(CCCCC1CCSS1)Nc1nnc(C2CC2)s1. The Labute approximate surface area is 131 Å². The topological polar surface area (TPSA) is 54.9 Å². The number of unbranched alkanes of at least 4 members (excludes halogenated alkanes) is 1. The van der Waals surface area contributed by atoms with E-state index in [1.807, 2.05) is 21.6 Å². The van der Waals surface area contributed by atoms with E-state index >= 15 is 0 Å². The molecule has 1 saturated heterocycles. The Bertz CT molecular complexity index is 455. The first-order chi connectivity index (χ1) is 9.81. The van der Waals surface area contributed by atoms with Gasteiger partial charge in [0.25, 0.3) is 0 Å². The normalized spacial score (nSPS) is 22.1. The monoisotopic (exact) mass is 329 g/mol. The first kappa shape index (κ1) is 14.7. The summed E-state index contributed by atoms with van der Waals surface area (Å²) in [5, 5.41) is 13.6. The van der Waals surface area contributed by atoms with Gasteiger partial charge >= 0.3 is 0 Å². The predicted octanol–water partition coefficient (Wildman–Crippen LogP) is 4.07. The van der Waals surface area contributed by atoms with E-state index < -0.39 is 0 Å². The molecular weight excluding hydrogens is 310 g/mol. The lowest BCUT2D eigenvalue weighted by Gasteiger charge is -2.06. The zero-order chi connectivity index (χ0) is 13.8. The molecule has 0 radical (unpaired) electrons. The molecule has 2 aliphatic rings. The molecule has 0 spiro atoms. The Balaban J connectivity index is 1.31. The van der Waals surface area contributed by atoms with E-state index in [0.29, 0.717) is 17.5 Å². The summed E-state index contributed by atoms with van der Waals surface area (Å²) in [4.78, 5) is 11.8. The summed E-state index contributed by atoms with van der Waals surface area (Å²) >= 11 is 1.53. The van der Waals surface area contributed by atoms with Crippen molar-refractivity contribution in [3.63, 3.8) is 0 Å². The van der Waals surface area contributed by atoms with Crippen LogP contribution in [0.15, 0.2) is 0 Å². The molecule has 0 bridgehead atoms. The fourth-order valence-electron chi connectivity index (χ4n) is 2.18. The van der Waals surface area contributed by atoms with Crippen LogP contribution in [0.25, 0.3) is 0 Å². The summed E-state index contributed by atoms with van der Waals surface area (Å²) in [6.07, 6.45) is 7.74. The van der Waals surface area contributed by atoms with Gasteiger partial charge in [-0.15, -0.1) is 10.2 Å². The maximum Gasteiger partial charge on any atom is 0.226 e. The van der Waals surface area contributed by atoms with Gasteiger partial charge in [-0.2, -0.15) is 0 Å². The van der Waals surface area contributed by atoms with Gasteiger partial charge in [-0.05, 0) is 32.1 Å². The van der Waals surface area contributed by atoms with Crippen molar-refractivity contribution < 1.29 is 4.79 Å². The summed E-state index contributed by atoms with van der Waals surface area (Å²) in [6, 6.07) is 0. The van der Waals surface area contributed by atoms with Gasteiger partial charge in [0.2, 0.25) is 11.0 Å². The molecule has 110 valence electrons. The van der Waals surface area contributed by atoms with Gasteiger partial charge in [0.15, 0.2) is 0 Å². The summed E-state index contributed by atoms with van der Waals surface area (Å²) < 4.78 is 0. The lowest BCUT2D eigenvalue weighted by molar-refractivity contribution is -0.116. The molecule has 7 heteroatoms. The quantitative estimate of drug-likeness (QED) is 0.604. The van der Waals surface area contributed by atoms with E-state index in [9.17, 15) is 4.79 Å². The predicted molar refractivity (Wildman–Crippen MR) is 87.4 cm³/mol. The third kappa shape index (κ3) is 4.36. The number of nitrogens with one attached hydrogen (secondary N) is 1. The third-order valence-corrected chi connectivity index (χ3v) is 7.53. The van der Waals surface area contributed by atoms with Crippen LogP contribution in [-0.2, 0) is 4.79 Å². The van der Waals surface area contributed by atoms with Crippen molar-refractivity contribution in [1.29, 1.82) is 0 Å². The van der Waals surface area contributed by atoms with Gasteiger partial charge in [-0.25, -0.2) is 0 Å². The number of amides is 1. The summed E-state index contributed by atoms with van der Waals surface area (Å²) in [5.74, 6) is 1.98. The number of nitrogens with zero attached hydrogens (tertiary/aromatic N) is 2. The van der Waals surface area contributed by atoms with Crippen LogP contribution in [0.1, 0.15) is 55.9 Å². The minimum absolute atomic E-state index is 0.0805. The maximum atomic E-state index is 11.8. The molecule has 1 amide bonds. The number of aromatic nitrogens is 2. The molecule has 4 nitrogen and oxygen atoms in total. The number of carbonyl (C=O) groups excluding carboxylic acids is 1. The first-order valence-corrected chi connectivity index (χ1v) is 10.4. The second-order valence-electron chi connectivity index (χ2n) is 5.34. The molecule has 1 N–H and O–H groups in total. The Morgan fingerprint density at radius 2 is 2.15 bits per heavy atom. The van der Waals surface area contributed by atoms with Crippen molar-refractivity contribution in [3.05, 3.63) is 5.01 Å². The zero-order valence-electron chi connectivity index (χ0n) is 11.3. The molecule has 2 heterocycles. The first-order valence-electron chi connectivity index (χ1n) is 7.23. The van der Waals surface area contributed by atoms with Crippen molar-refractivity contribution in [2.45, 2.75) is 56.1 Å². The van der Waals surface area contributed by atoms with Crippen LogP contribution in [0.4, 0.5) is 5.13 Å². The number of carbonyl (C=O) groups is 1. The fourth-order valence-corrected chi connectivity index (χ4v) is 6.14. The van der Waals surface area contributed by atoms with Gasteiger partial charge < -0.3 is 5.32 Å². The molecule has 1 saturated carbocycles. The summed E-state index contributed by atoms with van der Waals surface area (Å²) in [7, 11) is 4.00. The highest BCUT2D eigenvalue weighted by Crippen LogP contribution is 2.42.